The van der Waals surface area contributed by atoms with Crippen LogP contribution in [0.5, 0.6) is 5.75 Å². The first kappa shape index (κ1) is 22.7. The lowest BCUT2D eigenvalue weighted by molar-refractivity contribution is -0.113. The molecule has 3 aromatic rings. The molecule has 0 spiro atoms. The average molecular weight is 473 g/mol. The van der Waals surface area contributed by atoms with Crippen LogP contribution in [0.15, 0.2) is 53.8 Å². The van der Waals surface area contributed by atoms with Crippen molar-refractivity contribution in [3.8, 4) is 17.0 Å². The normalized spacial score (nSPS) is 15.3. The van der Waals surface area contributed by atoms with Gasteiger partial charge in [-0.1, -0.05) is 5.21 Å². The van der Waals surface area contributed by atoms with Gasteiger partial charge in [-0.05, 0) is 29.8 Å². The summed E-state index contributed by atoms with van der Waals surface area (Å²) in [6.07, 6.45) is 6.96. The molecule has 0 bridgehead atoms. The number of primary amides is 1. The lowest BCUT2D eigenvalue weighted by Crippen LogP contribution is -2.38. The number of phenols is 1. The Balaban J connectivity index is 1.49. The first-order valence-corrected chi connectivity index (χ1v) is 11.7. The summed E-state index contributed by atoms with van der Waals surface area (Å²) in [5.74, 6) is -0.860. The summed E-state index contributed by atoms with van der Waals surface area (Å²) in [6.45, 7) is 4.65. The molecular formula is C21H24N6O5S. The third-order valence-corrected chi connectivity index (χ3v) is 6.87. The molecule has 0 radical (unpaired) electrons. The van der Waals surface area contributed by atoms with E-state index < -0.39 is 15.9 Å². The molecule has 0 atom stereocenters. The molecule has 4 rings (SSSR count). The van der Waals surface area contributed by atoms with Gasteiger partial charge in [-0.15, -0.1) is 5.10 Å². The molecule has 12 heteroatoms. The number of aromatic nitrogens is 4. The van der Waals surface area contributed by atoms with Gasteiger partial charge in [0, 0.05) is 49.7 Å². The molecule has 1 aromatic carbocycles. The van der Waals surface area contributed by atoms with Crippen molar-refractivity contribution in [1.29, 1.82) is 0 Å². The van der Waals surface area contributed by atoms with E-state index in [-0.39, 0.29) is 10.6 Å². The fourth-order valence-electron chi connectivity index (χ4n) is 3.43. The molecule has 3 N–H and O–H groups in total. The smallest absolute Gasteiger partial charge is 0.267 e. The summed E-state index contributed by atoms with van der Waals surface area (Å²) in [5, 5.41) is 18.7. The van der Waals surface area contributed by atoms with Crippen LogP contribution in [-0.2, 0) is 26.1 Å². The Bertz CT molecular complexity index is 1270. The summed E-state index contributed by atoms with van der Waals surface area (Å²) in [5.41, 5.74) is 6.37. The zero-order valence-electron chi connectivity index (χ0n) is 17.7. The first-order valence-electron chi connectivity index (χ1n) is 10.3. The molecule has 0 unspecified atom stereocenters. The van der Waals surface area contributed by atoms with Crippen molar-refractivity contribution in [1.82, 2.24) is 23.9 Å². The summed E-state index contributed by atoms with van der Waals surface area (Å²) >= 11 is 0. The van der Waals surface area contributed by atoms with Crippen LogP contribution in [0.25, 0.3) is 17.3 Å². The summed E-state index contributed by atoms with van der Waals surface area (Å²) in [7, 11) is -3.94. The molecule has 1 aliphatic heterocycles. The van der Waals surface area contributed by atoms with E-state index in [1.807, 2.05) is 0 Å². The van der Waals surface area contributed by atoms with E-state index in [9.17, 15) is 18.3 Å². The van der Waals surface area contributed by atoms with Crippen molar-refractivity contribution in [3.63, 3.8) is 0 Å². The standard InChI is InChI=1S/C21H24N6O5S/c22-21(29)4-1-16-5-6-27(14-16)33(30,31)17-2-3-18(20(28)13-17)19-15-26(24-23-19)8-7-25-9-11-32-12-10-25/h1-6,13-15,28H,7-12H2,(H2,22,29)/b4-1+. The van der Waals surface area contributed by atoms with E-state index in [2.05, 4.69) is 15.2 Å². The number of nitrogens with zero attached hydrogens (tertiary/aromatic N) is 5. The number of rotatable bonds is 8. The monoisotopic (exact) mass is 472 g/mol. The number of ether oxygens (including phenoxy) is 1. The number of morpholine rings is 1. The molecule has 1 fully saturated rings. The second kappa shape index (κ2) is 9.57. The van der Waals surface area contributed by atoms with Gasteiger partial charge in [0.1, 0.15) is 11.4 Å². The van der Waals surface area contributed by atoms with Crippen LogP contribution in [0, 0.1) is 0 Å². The van der Waals surface area contributed by atoms with Gasteiger partial charge in [-0.3, -0.25) is 14.4 Å². The number of carbonyl (C=O) groups is 1. The van der Waals surface area contributed by atoms with Crippen LogP contribution in [0.3, 0.4) is 0 Å². The number of carbonyl (C=O) groups excluding carboxylic acids is 1. The number of aromatic hydroxyl groups is 1. The third-order valence-electron chi connectivity index (χ3n) is 5.24. The SMILES string of the molecule is NC(=O)/C=C/c1ccn(S(=O)(=O)c2ccc(-c3cn(CCN4CCOCC4)nn3)c(O)c2)c1. The average Bonchev–Trinajstić information content (AvgIpc) is 3.47. The van der Waals surface area contributed by atoms with Gasteiger partial charge in [-0.2, -0.15) is 0 Å². The molecule has 0 saturated carbocycles. The number of benzene rings is 1. The number of nitrogens with two attached hydrogens (primary N) is 1. The molecular weight excluding hydrogens is 448 g/mol. The van der Waals surface area contributed by atoms with Crippen molar-refractivity contribution >= 4 is 22.0 Å². The van der Waals surface area contributed by atoms with Crippen LogP contribution >= 0.6 is 0 Å². The maximum atomic E-state index is 12.9. The lowest BCUT2D eigenvalue weighted by Gasteiger charge is -2.26. The van der Waals surface area contributed by atoms with E-state index in [1.54, 1.807) is 10.9 Å². The zero-order valence-corrected chi connectivity index (χ0v) is 18.6. The maximum absolute atomic E-state index is 12.9. The van der Waals surface area contributed by atoms with Crippen LogP contribution in [0.1, 0.15) is 5.56 Å². The van der Waals surface area contributed by atoms with E-state index >= 15 is 0 Å². The summed E-state index contributed by atoms with van der Waals surface area (Å²) < 4.78 is 33.9. The number of phenolic OH excluding ortho intramolecular Hbond substituents is 1. The van der Waals surface area contributed by atoms with Crippen molar-refractivity contribution in [3.05, 3.63) is 54.5 Å². The van der Waals surface area contributed by atoms with Crippen LogP contribution < -0.4 is 5.73 Å². The molecule has 174 valence electrons. The number of hydrogen-bond acceptors (Lipinski definition) is 8. The maximum Gasteiger partial charge on any atom is 0.267 e. The zero-order chi connectivity index (χ0) is 23.4. The lowest BCUT2D eigenvalue weighted by atomic mass is 10.1. The Morgan fingerprint density at radius 3 is 2.70 bits per heavy atom. The summed E-state index contributed by atoms with van der Waals surface area (Å²) in [6, 6.07) is 5.60. The minimum Gasteiger partial charge on any atom is -0.507 e. The van der Waals surface area contributed by atoms with Crippen LogP contribution in [-0.4, -0.2) is 76.1 Å². The molecule has 11 nitrogen and oxygen atoms in total. The fourth-order valence-corrected chi connectivity index (χ4v) is 4.65. The second-order valence-corrected chi connectivity index (χ2v) is 9.36. The van der Waals surface area contributed by atoms with Crippen molar-refractivity contribution in [2.24, 2.45) is 5.73 Å². The van der Waals surface area contributed by atoms with Gasteiger partial charge < -0.3 is 15.6 Å². The van der Waals surface area contributed by atoms with E-state index in [1.165, 1.54) is 42.7 Å². The Kier molecular flexibility index (Phi) is 6.58. The number of hydrogen-bond donors (Lipinski definition) is 2. The fraction of sp³-hybridized carbons (Fsp3) is 0.286. The molecule has 2 aromatic heterocycles. The highest BCUT2D eigenvalue weighted by molar-refractivity contribution is 7.90. The second-order valence-electron chi connectivity index (χ2n) is 7.52. The Morgan fingerprint density at radius 1 is 1.18 bits per heavy atom. The molecule has 1 amide bonds. The van der Waals surface area contributed by atoms with Crippen LogP contribution in [0.4, 0.5) is 0 Å². The molecule has 33 heavy (non-hydrogen) atoms. The van der Waals surface area contributed by atoms with Gasteiger partial charge in [0.15, 0.2) is 0 Å². The van der Waals surface area contributed by atoms with Gasteiger partial charge >= 0.3 is 0 Å². The van der Waals surface area contributed by atoms with Gasteiger partial charge in [0.25, 0.3) is 10.0 Å². The largest absolute Gasteiger partial charge is 0.507 e. The quantitative estimate of drug-likeness (QED) is 0.451. The number of amides is 1. The van der Waals surface area contributed by atoms with Gasteiger partial charge in [0.05, 0.1) is 30.9 Å². The Morgan fingerprint density at radius 2 is 1.97 bits per heavy atom. The minimum atomic E-state index is -3.94. The van der Waals surface area contributed by atoms with Crippen molar-refractivity contribution in [2.75, 3.05) is 32.8 Å². The van der Waals surface area contributed by atoms with Crippen molar-refractivity contribution < 1.29 is 23.1 Å². The topological polar surface area (TPSA) is 146 Å². The van der Waals surface area contributed by atoms with Gasteiger partial charge in [-0.25, -0.2) is 12.4 Å². The van der Waals surface area contributed by atoms with Crippen LogP contribution in [0.2, 0.25) is 0 Å². The highest BCUT2D eigenvalue weighted by atomic mass is 32.2. The Labute approximate surface area is 190 Å². The molecule has 1 saturated heterocycles. The molecule has 0 aliphatic carbocycles. The summed E-state index contributed by atoms with van der Waals surface area (Å²) in [4.78, 5) is 13.0. The first-order chi connectivity index (χ1) is 15.8. The highest BCUT2D eigenvalue weighted by Crippen LogP contribution is 2.30. The van der Waals surface area contributed by atoms with E-state index in [0.717, 1.165) is 42.9 Å². The molecule has 3 heterocycles. The highest BCUT2D eigenvalue weighted by Gasteiger charge is 2.20. The molecule has 1 aliphatic rings. The predicted octanol–water partition coefficient (Wildman–Crippen LogP) is 0.520. The Hall–Kier alpha value is -3.48. The van der Waals surface area contributed by atoms with Crippen molar-refractivity contribution in [2.45, 2.75) is 11.4 Å². The van der Waals surface area contributed by atoms with Gasteiger partial charge in [0.2, 0.25) is 5.91 Å². The predicted molar refractivity (Wildman–Crippen MR) is 120 cm³/mol. The van der Waals surface area contributed by atoms with E-state index in [4.69, 9.17) is 10.5 Å². The minimum absolute atomic E-state index is 0.0931. The third kappa shape index (κ3) is 5.30. The van der Waals surface area contributed by atoms with E-state index in [0.29, 0.717) is 23.4 Å².